The largest absolute Gasteiger partial charge is 0.352 e. The molecule has 0 aliphatic carbocycles. The van der Waals surface area contributed by atoms with Crippen LogP contribution in [0.25, 0.3) is 0 Å². The average Bonchev–Trinajstić information content (AvgIpc) is 2.53. The van der Waals surface area contributed by atoms with Crippen LogP contribution in [-0.4, -0.2) is 20.5 Å². The summed E-state index contributed by atoms with van der Waals surface area (Å²) in [5.41, 5.74) is 1.14. The van der Waals surface area contributed by atoms with Gasteiger partial charge in [0.15, 0.2) is 12.6 Å². The summed E-state index contributed by atoms with van der Waals surface area (Å²) in [5, 5.41) is 2.77. The van der Waals surface area contributed by atoms with Gasteiger partial charge in [0.05, 0.1) is 16.9 Å². The highest BCUT2D eigenvalue weighted by atomic mass is 19.1. The maximum Gasteiger partial charge on any atom is 0.187 e. The minimum Gasteiger partial charge on any atom is -0.352 e. The van der Waals surface area contributed by atoms with Crippen molar-refractivity contribution in [2.45, 2.75) is 13.2 Å². The lowest BCUT2D eigenvalue weighted by atomic mass is 10.1. The Balaban J connectivity index is 2.58. The van der Waals surface area contributed by atoms with Gasteiger partial charge in [-0.15, -0.1) is 0 Å². The van der Waals surface area contributed by atoms with Gasteiger partial charge >= 0.3 is 0 Å². The van der Waals surface area contributed by atoms with Crippen LogP contribution in [0.15, 0.2) is 30.3 Å². The van der Waals surface area contributed by atoms with E-state index in [1.54, 1.807) is 13.0 Å². The number of halogens is 2. The van der Waals surface area contributed by atoms with Crippen LogP contribution in [0, 0.1) is 18.6 Å². The number of nitrogens with one attached hydrogen (secondary N) is 1. The van der Waals surface area contributed by atoms with E-state index in [1.165, 1.54) is 32.4 Å². The lowest BCUT2D eigenvalue weighted by Gasteiger charge is -2.21. The molecule has 2 aromatic carbocycles. The zero-order chi connectivity index (χ0) is 17.0. The molecule has 0 aliphatic rings. The van der Waals surface area contributed by atoms with Crippen molar-refractivity contribution >= 4 is 17.7 Å². The topological polar surface area (TPSA) is 47.6 Å². The van der Waals surface area contributed by atoms with Crippen molar-refractivity contribution < 1.29 is 23.0 Å². The Morgan fingerprint density at radius 1 is 1.09 bits per heavy atom. The summed E-state index contributed by atoms with van der Waals surface area (Å²) < 4.78 is 38.5. The first-order chi connectivity index (χ1) is 11.0. The fourth-order valence-corrected chi connectivity index (χ4v) is 2.27. The third kappa shape index (κ3) is 3.55. The van der Waals surface area contributed by atoms with E-state index < -0.39 is 17.9 Å². The monoisotopic (exact) mass is 321 g/mol. The van der Waals surface area contributed by atoms with Crippen LogP contribution in [0.4, 0.5) is 20.2 Å². The van der Waals surface area contributed by atoms with Gasteiger partial charge in [0.2, 0.25) is 0 Å². The fourth-order valence-electron chi connectivity index (χ4n) is 2.27. The standard InChI is InChI=1S/C17H17F2NO3/c1-10-4-7-14(13(19)8-10)20-16-11(9-21)5-6-12(18)15(16)17(22-2)23-3/h4-9,17,20H,1-3H3. The Hall–Kier alpha value is -2.31. The summed E-state index contributed by atoms with van der Waals surface area (Å²) in [4.78, 5) is 11.3. The van der Waals surface area contributed by atoms with Gasteiger partial charge in [0.1, 0.15) is 11.6 Å². The van der Waals surface area contributed by atoms with E-state index in [9.17, 15) is 13.6 Å². The van der Waals surface area contributed by atoms with Gasteiger partial charge in [-0.25, -0.2) is 8.78 Å². The molecule has 0 atom stereocenters. The minimum absolute atomic E-state index is 0.000394. The molecule has 0 amide bonds. The smallest absolute Gasteiger partial charge is 0.187 e. The first-order valence-electron chi connectivity index (χ1n) is 6.88. The molecule has 0 bridgehead atoms. The van der Waals surface area contributed by atoms with E-state index in [0.717, 1.165) is 11.6 Å². The molecule has 0 aromatic heterocycles. The number of carbonyl (C=O) groups excluding carboxylic acids is 1. The lowest BCUT2D eigenvalue weighted by molar-refractivity contribution is -0.107. The Morgan fingerprint density at radius 2 is 1.78 bits per heavy atom. The van der Waals surface area contributed by atoms with E-state index in [-0.39, 0.29) is 22.5 Å². The summed E-state index contributed by atoms with van der Waals surface area (Å²) in [6, 6.07) is 7.01. The van der Waals surface area contributed by atoms with Crippen molar-refractivity contribution in [1.29, 1.82) is 0 Å². The number of benzene rings is 2. The third-order valence-electron chi connectivity index (χ3n) is 3.40. The van der Waals surface area contributed by atoms with Gasteiger partial charge in [-0.05, 0) is 36.8 Å². The molecule has 122 valence electrons. The Bertz CT molecular complexity index is 715. The van der Waals surface area contributed by atoms with E-state index in [2.05, 4.69) is 5.32 Å². The average molecular weight is 321 g/mol. The van der Waals surface area contributed by atoms with Crippen LogP contribution in [0.5, 0.6) is 0 Å². The molecule has 2 aromatic rings. The summed E-state index contributed by atoms with van der Waals surface area (Å²) in [7, 11) is 2.69. The van der Waals surface area contributed by atoms with Gasteiger partial charge in [-0.3, -0.25) is 4.79 Å². The molecule has 0 aliphatic heterocycles. The summed E-state index contributed by atoms with van der Waals surface area (Å²) in [6.45, 7) is 1.75. The number of hydrogen-bond donors (Lipinski definition) is 1. The number of hydrogen-bond acceptors (Lipinski definition) is 4. The second-order valence-electron chi connectivity index (χ2n) is 4.95. The normalized spacial score (nSPS) is 10.9. The number of ether oxygens (including phenoxy) is 2. The van der Waals surface area contributed by atoms with Gasteiger partial charge in [0.25, 0.3) is 0 Å². The number of carbonyl (C=O) groups is 1. The summed E-state index contributed by atoms with van der Waals surface area (Å²) >= 11 is 0. The SMILES string of the molecule is COC(OC)c1c(F)ccc(C=O)c1Nc1ccc(C)cc1F. The van der Waals surface area contributed by atoms with E-state index in [4.69, 9.17) is 9.47 Å². The Morgan fingerprint density at radius 3 is 2.35 bits per heavy atom. The van der Waals surface area contributed by atoms with Crippen LogP contribution in [0.1, 0.15) is 27.8 Å². The highest BCUT2D eigenvalue weighted by Gasteiger charge is 2.22. The molecule has 0 spiro atoms. The number of aldehydes is 1. The van der Waals surface area contributed by atoms with Crippen LogP contribution >= 0.6 is 0 Å². The molecule has 0 unspecified atom stereocenters. The van der Waals surface area contributed by atoms with Crippen LogP contribution in [0.3, 0.4) is 0 Å². The highest BCUT2D eigenvalue weighted by molar-refractivity contribution is 5.87. The lowest BCUT2D eigenvalue weighted by Crippen LogP contribution is -2.12. The Kier molecular flexibility index (Phi) is 5.41. The van der Waals surface area contributed by atoms with Gasteiger partial charge < -0.3 is 14.8 Å². The Labute approximate surface area is 133 Å². The molecule has 0 saturated heterocycles. The first kappa shape index (κ1) is 17.1. The van der Waals surface area contributed by atoms with Crippen LogP contribution in [0.2, 0.25) is 0 Å². The van der Waals surface area contributed by atoms with Crippen molar-refractivity contribution in [1.82, 2.24) is 0 Å². The van der Waals surface area contributed by atoms with Gasteiger partial charge in [-0.2, -0.15) is 0 Å². The molecule has 2 rings (SSSR count). The molecular formula is C17H17F2NO3. The van der Waals surface area contributed by atoms with Gasteiger partial charge in [0, 0.05) is 19.8 Å². The molecule has 0 fully saturated rings. The second-order valence-corrected chi connectivity index (χ2v) is 4.95. The predicted molar refractivity (Wildman–Crippen MR) is 83.0 cm³/mol. The molecule has 4 nitrogen and oxygen atoms in total. The minimum atomic E-state index is -1.04. The number of anilines is 2. The molecule has 6 heteroatoms. The molecule has 0 radical (unpaired) electrons. The molecular weight excluding hydrogens is 304 g/mol. The molecule has 23 heavy (non-hydrogen) atoms. The molecule has 0 saturated carbocycles. The van der Waals surface area contributed by atoms with Crippen molar-refractivity contribution in [2.24, 2.45) is 0 Å². The van der Waals surface area contributed by atoms with E-state index in [1.807, 2.05) is 0 Å². The molecule has 1 N–H and O–H groups in total. The highest BCUT2D eigenvalue weighted by Crippen LogP contribution is 2.34. The third-order valence-corrected chi connectivity index (χ3v) is 3.40. The maximum absolute atomic E-state index is 14.2. The first-order valence-corrected chi connectivity index (χ1v) is 6.88. The fraction of sp³-hybridized carbons (Fsp3) is 0.235. The second kappa shape index (κ2) is 7.30. The number of rotatable bonds is 6. The van der Waals surface area contributed by atoms with Crippen LogP contribution < -0.4 is 5.32 Å². The quantitative estimate of drug-likeness (QED) is 0.642. The van der Waals surface area contributed by atoms with E-state index in [0.29, 0.717) is 6.29 Å². The summed E-state index contributed by atoms with van der Waals surface area (Å²) in [6.07, 6.45) is -0.481. The van der Waals surface area contributed by atoms with Crippen molar-refractivity contribution in [3.05, 3.63) is 58.7 Å². The van der Waals surface area contributed by atoms with Crippen molar-refractivity contribution in [3.63, 3.8) is 0 Å². The van der Waals surface area contributed by atoms with Gasteiger partial charge in [-0.1, -0.05) is 6.07 Å². The zero-order valence-electron chi connectivity index (χ0n) is 13.0. The predicted octanol–water partition coefficient (Wildman–Crippen LogP) is 4.12. The molecule has 0 heterocycles. The van der Waals surface area contributed by atoms with Crippen LogP contribution in [-0.2, 0) is 9.47 Å². The van der Waals surface area contributed by atoms with Crippen molar-refractivity contribution in [3.8, 4) is 0 Å². The number of aryl methyl sites for hydroxylation is 1. The number of methoxy groups -OCH3 is 2. The van der Waals surface area contributed by atoms with Crippen molar-refractivity contribution in [2.75, 3.05) is 19.5 Å². The zero-order valence-corrected chi connectivity index (χ0v) is 13.0. The maximum atomic E-state index is 14.2. The van der Waals surface area contributed by atoms with E-state index >= 15 is 0 Å². The summed E-state index contributed by atoms with van der Waals surface area (Å²) in [5.74, 6) is -1.14.